The van der Waals surface area contributed by atoms with Crippen molar-refractivity contribution in [1.29, 1.82) is 0 Å². The van der Waals surface area contributed by atoms with Crippen LogP contribution in [-0.4, -0.2) is 26.7 Å². The van der Waals surface area contributed by atoms with Crippen LogP contribution in [0, 0.1) is 6.92 Å². The van der Waals surface area contributed by atoms with Crippen LogP contribution in [0.5, 0.6) is 0 Å². The van der Waals surface area contributed by atoms with E-state index >= 15 is 0 Å². The van der Waals surface area contributed by atoms with Crippen LogP contribution in [0.2, 0.25) is 0 Å². The summed E-state index contributed by atoms with van der Waals surface area (Å²) < 4.78 is 1.93. The summed E-state index contributed by atoms with van der Waals surface area (Å²) in [6, 6.07) is 18.0. The van der Waals surface area contributed by atoms with Gasteiger partial charge in [0.2, 0.25) is 5.91 Å². The standard InChI is InChI=1S/C21H24N4O/c1-16(2)25(19-12-8-7-9-17(19)3)21(26)14-13-20-23-22-15-24(20)18-10-5-4-6-11-18/h4-12,15-16H,13-14H2,1-3H3. The third-order valence-corrected chi connectivity index (χ3v) is 4.38. The molecule has 3 aromatic rings. The SMILES string of the molecule is Cc1ccccc1N(C(=O)CCc1nncn1-c1ccccc1)C(C)C. The molecule has 1 heterocycles. The molecule has 2 aromatic carbocycles. The lowest BCUT2D eigenvalue weighted by atomic mass is 10.1. The monoisotopic (exact) mass is 348 g/mol. The maximum absolute atomic E-state index is 12.9. The van der Waals surface area contributed by atoms with Gasteiger partial charge in [0.1, 0.15) is 12.2 Å². The summed E-state index contributed by atoms with van der Waals surface area (Å²) in [5.41, 5.74) is 3.07. The summed E-state index contributed by atoms with van der Waals surface area (Å²) in [6.07, 6.45) is 2.62. The van der Waals surface area contributed by atoms with Gasteiger partial charge in [0, 0.05) is 30.3 Å². The first-order valence-corrected chi connectivity index (χ1v) is 8.90. The van der Waals surface area contributed by atoms with Crippen molar-refractivity contribution in [2.45, 2.75) is 39.7 Å². The average Bonchev–Trinajstić information content (AvgIpc) is 3.11. The predicted molar refractivity (Wildman–Crippen MR) is 103 cm³/mol. The van der Waals surface area contributed by atoms with E-state index < -0.39 is 0 Å². The molecule has 134 valence electrons. The largest absolute Gasteiger partial charge is 0.310 e. The van der Waals surface area contributed by atoms with E-state index in [1.165, 1.54) is 0 Å². The Morgan fingerprint density at radius 1 is 1.08 bits per heavy atom. The number of carbonyl (C=O) groups is 1. The molecule has 1 aromatic heterocycles. The van der Waals surface area contributed by atoms with Gasteiger partial charge in [-0.15, -0.1) is 10.2 Å². The molecule has 26 heavy (non-hydrogen) atoms. The van der Waals surface area contributed by atoms with E-state index in [4.69, 9.17) is 0 Å². The number of rotatable bonds is 6. The molecule has 0 saturated heterocycles. The number of hydrogen-bond acceptors (Lipinski definition) is 3. The van der Waals surface area contributed by atoms with Gasteiger partial charge in [-0.2, -0.15) is 0 Å². The van der Waals surface area contributed by atoms with Crippen molar-refractivity contribution in [3.63, 3.8) is 0 Å². The fourth-order valence-electron chi connectivity index (χ4n) is 3.11. The summed E-state index contributed by atoms with van der Waals surface area (Å²) in [5, 5.41) is 8.22. The highest BCUT2D eigenvalue weighted by Gasteiger charge is 2.21. The lowest BCUT2D eigenvalue weighted by Crippen LogP contribution is -2.37. The molecular weight excluding hydrogens is 324 g/mol. The second-order valence-corrected chi connectivity index (χ2v) is 6.60. The molecule has 0 N–H and O–H groups in total. The Morgan fingerprint density at radius 2 is 1.77 bits per heavy atom. The Labute approximate surface area is 154 Å². The quantitative estimate of drug-likeness (QED) is 0.678. The van der Waals surface area contributed by atoms with Crippen LogP contribution >= 0.6 is 0 Å². The van der Waals surface area contributed by atoms with Crippen LogP contribution < -0.4 is 4.90 Å². The fraction of sp³-hybridized carbons (Fsp3) is 0.286. The van der Waals surface area contributed by atoms with Gasteiger partial charge < -0.3 is 4.90 Å². The second kappa shape index (κ2) is 7.95. The van der Waals surface area contributed by atoms with Gasteiger partial charge in [-0.25, -0.2) is 0 Å². The molecular formula is C21H24N4O. The summed E-state index contributed by atoms with van der Waals surface area (Å²) in [5.74, 6) is 0.884. The molecule has 0 spiro atoms. The molecule has 5 nitrogen and oxygen atoms in total. The van der Waals surface area contributed by atoms with Crippen LogP contribution in [0.3, 0.4) is 0 Å². The fourth-order valence-corrected chi connectivity index (χ4v) is 3.11. The number of anilines is 1. The van der Waals surface area contributed by atoms with Crippen LogP contribution in [0.25, 0.3) is 5.69 Å². The first-order chi connectivity index (χ1) is 12.6. The maximum atomic E-state index is 12.9. The molecule has 0 fully saturated rings. The molecule has 1 amide bonds. The molecule has 3 rings (SSSR count). The number of benzene rings is 2. The Bertz CT molecular complexity index is 870. The molecule has 0 aliphatic rings. The lowest BCUT2D eigenvalue weighted by Gasteiger charge is -2.28. The topological polar surface area (TPSA) is 51.0 Å². The highest BCUT2D eigenvalue weighted by molar-refractivity contribution is 5.94. The third kappa shape index (κ3) is 3.82. The normalized spacial score (nSPS) is 10.9. The van der Waals surface area contributed by atoms with Crippen molar-refractivity contribution in [3.05, 3.63) is 72.3 Å². The molecule has 0 bridgehead atoms. The van der Waals surface area contributed by atoms with E-state index in [2.05, 4.69) is 10.2 Å². The first-order valence-electron chi connectivity index (χ1n) is 8.90. The van der Waals surface area contributed by atoms with E-state index in [0.717, 1.165) is 22.8 Å². The van der Waals surface area contributed by atoms with Crippen molar-refractivity contribution < 1.29 is 4.79 Å². The highest BCUT2D eigenvalue weighted by Crippen LogP contribution is 2.23. The maximum Gasteiger partial charge on any atom is 0.227 e. The van der Waals surface area contributed by atoms with Crippen molar-refractivity contribution in [1.82, 2.24) is 14.8 Å². The molecule has 0 saturated carbocycles. The lowest BCUT2D eigenvalue weighted by molar-refractivity contribution is -0.119. The van der Waals surface area contributed by atoms with Gasteiger partial charge >= 0.3 is 0 Å². The number of hydrogen-bond donors (Lipinski definition) is 0. The van der Waals surface area contributed by atoms with E-state index in [-0.39, 0.29) is 11.9 Å². The first kappa shape index (κ1) is 17.9. The Balaban J connectivity index is 1.76. The minimum Gasteiger partial charge on any atom is -0.310 e. The second-order valence-electron chi connectivity index (χ2n) is 6.60. The number of aryl methyl sites for hydroxylation is 2. The summed E-state index contributed by atoms with van der Waals surface area (Å²) in [4.78, 5) is 14.8. The number of carbonyl (C=O) groups excluding carboxylic acids is 1. The molecule has 0 unspecified atom stereocenters. The van der Waals surface area contributed by atoms with E-state index in [1.807, 2.05) is 84.8 Å². The third-order valence-electron chi connectivity index (χ3n) is 4.38. The zero-order chi connectivity index (χ0) is 18.5. The number of nitrogens with zero attached hydrogens (tertiary/aromatic N) is 4. The predicted octanol–water partition coefficient (Wildman–Crippen LogP) is 3.95. The van der Waals surface area contributed by atoms with Gasteiger partial charge in [0.25, 0.3) is 0 Å². The van der Waals surface area contributed by atoms with Gasteiger partial charge in [-0.05, 0) is 44.5 Å². The smallest absolute Gasteiger partial charge is 0.227 e. The van der Waals surface area contributed by atoms with Gasteiger partial charge in [0.15, 0.2) is 0 Å². The van der Waals surface area contributed by atoms with Gasteiger partial charge in [-0.1, -0.05) is 36.4 Å². The number of amides is 1. The zero-order valence-corrected chi connectivity index (χ0v) is 15.5. The Hall–Kier alpha value is -2.95. The summed E-state index contributed by atoms with van der Waals surface area (Å²) >= 11 is 0. The molecule has 0 aliphatic heterocycles. The number of para-hydroxylation sites is 2. The molecule has 5 heteroatoms. The minimum absolute atomic E-state index is 0.0931. The van der Waals surface area contributed by atoms with Crippen LogP contribution in [-0.2, 0) is 11.2 Å². The minimum atomic E-state index is 0.0931. The van der Waals surface area contributed by atoms with Crippen molar-refractivity contribution in [3.8, 4) is 5.69 Å². The van der Waals surface area contributed by atoms with Crippen molar-refractivity contribution in [2.24, 2.45) is 0 Å². The van der Waals surface area contributed by atoms with Crippen LogP contribution in [0.4, 0.5) is 5.69 Å². The summed E-state index contributed by atoms with van der Waals surface area (Å²) in [6.45, 7) is 6.11. The Kier molecular flexibility index (Phi) is 5.46. The van der Waals surface area contributed by atoms with Gasteiger partial charge in [0.05, 0.1) is 0 Å². The van der Waals surface area contributed by atoms with Crippen LogP contribution in [0.1, 0.15) is 31.7 Å². The molecule has 0 aliphatic carbocycles. The van der Waals surface area contributed by atoms with E-state index in [1.54, 1.807) is 6.33 Å². The zero-order valence-electron chi connectivity index (χ0n) is 15.5. The van der Waals surface area contributed by atoms with Crippen molar-refractivity contribution >= 4 is 11.6 Å². The van der Waals surface area contributed by atoms with Crippen molar-refractivity contribution in [2.75, 3.05) is 4.90 Å². The Morgan fingerprint density at radius 3 is 2.46 bits per heavy atom. The number of aromatic nitrogens is 3. The van der Waals surface area contributed by atoms with Gasteiger partial charge in [-0.3, -0.25) is 9.36 Å². The molecule has 0 atom stereocenters. The van der Waals surface area contributed by atoms with E-state index in [0.29, 0.717) is 12.8 Å². The van der Waals surface area contributed by atoms with Crippen LogP contribution in [0.15, 0.2) is 60.9 Å². The van der Waals surface area contributed by atoms with E-state index in [9.17, 15) is 4.79 Å². The summed E-state index contributed by atoms with van der Waals surface area (Å²) in [7, 11) is 0. The molecule has 0 radical (unpaired) electrons. The average molecular weight is 348 g/mol. The highest BCUT2D eigenvalue weighted by atomic mass is 16.2.